The van der Waals surface area contributed by atoms with Crippen molar-refractivity contribution in [3.63, 3.8) is 0 Å². The maximum Gasteiger partial charge on any atom is 0.193 e. The lowest BCUT2D eigenvalue weighted by molar-refractivity contribution is 0.546. The van der Waals surface area contributed by atoms with E-state index in [4.69, 9.17) is 5.84 Å². The van der Waals surface area contributed by atoms with Crippen LogP contribution in [0.3, 0.4) is 0 Å². The summed E-state index contributed by atoms with van der Waals surface area (Å²) >= 11 is 8.63. The predicted molar refractivity (Wildman–Crippen MR) is 88.7 cm³/mol. The SMILES string of the molecule is NNC(Cc1cn2ccsc2n1)c1cc(Br)cc(Br)c1. The van der Waals surface area contributed by atoms with Gasteiger partial charge in [0.25, 0.3) is 0 Å². The summed E-state index contributed by atoms with van der Waals surface area (Å²) in [5.41, 5.74) is 5.01. The number of hydrazine groups is 1. The molecule has 0 bridgehead atoms. The van der Waals surface area contributed by atoms with E-state index in [0.717, 1.165) is 31.6 Å². The number of nitrogens with zero attached hydrogens (tertiary/aromatic N) is 2. The van der Waals surface area contributed by atoms with E-state index in [2.05, 4.69) is 54.4 Å². The zero-order valence-corrected chi connectivity index (χ0v) is 14.4. The lowest BCUT2D eigenvalue weighted by Crippen LogP contribution is -2.29. The molecule has 3 N–H and O–H groups in total. The van der Waals surface area contributed by atoms with Gasteiger partial charge in [0.2, 0.25) is 0 Å². The Morgan fingerprint density at radius 1 is 1.30 bits per heavy atom. The van der Waals surface area contributed by atoms with Gasteiger partial charge in [-0.3, -0.25) is 15.7 Å². The molecular weight excluding hydrogens is 404 g/mol. The van der Waals surface area contributed by atoms with E-state index in [9.17, 15) is 0 Å². The van der Waals surface area contributed by atoms with Crippen LogP contribution < -0.4 is 11.3 Å². The number of benzene rings is 1. The van der Waals surface area contributed by atoms with Crippen molar-refractivity contribution in [3.8, 4) is 0 Å². The number of hydrogen-bond donors (Lipinski definition) is 2. The van der Waals surface area contributed by atoms with Gasteiger partial charge in [-0.05, 0) is 23.8 Å². The second-order valence-corrected chi connectivity index (χ2v) is 7.16. The van der Waals surface area contributed by atoms with Gasteiger partial charge in [-0.15, -0.1) is 11.3 Å². The summed E-state index contributed by atoms with van der Waals surface area (Å²) in [7, 11) is 0. The van der Waals surface area contributed by atoms with Crippen molar-refractivity contribution in [2.45, 2.75) is 12.5 Å². The number of thiazole rings is 1. The molecule has 104 valence electrons. The van der Waals surface area contributed by atoms with Gasteiger partial charge in [0.15, 0.2) is 4.96 Å². The van der Waals surface area contributed by atoms with Gasteiger partial charge in [-0.25, -0.2) is 4.98 Å². The first kappa shape index (κ1) is 14.2. The molecule has 0 amide bonds. The molecule has 0 radical (unpaired) electrons. The van der Waals surface area contributed by atoms with Gasteiger partial charge in [-0.1, -0.05) is 31.9 Å². The van der Waals surface area contributed by atoms with Crippen LogP contribution in [0.2, 0.25) is 0 Å². The maximum absolute atomic E-state index is 5.71. The topological polar surface area (TPSA) is 55.3 Å². The van der Waals surface area contributed by atoms with Gasteiger partial charge >= 0.3 is 0 Å². The molecule has 2 aromatic heterocycles. The highest BCUT2D eigenvalue weighted by Gasteiger charge is 2.14. The number of nitrogens with two attached hydrogens (primary N) is 1. The average Bonchev–Trinajstić information content (AvgIpc) is 2.95. The van der Waals surface area contributed by atoms with E-state index in [1.165, 1.54) is 0 Å². The second-order valence-electron chi connectivity index (χ2n) is 4.45. The molecule has 0 aliphatic heterocycles. The Balaban J connectivity index is 1.87. The molecule has 0 spiro atoms. The first-order valence-electron chi connectivity index (χ1n) is 5.99. The largest absolute Gasteiger partial charge is 0.297 e. The highest BCUT2D eigenvalue weighted by atomic mass is 79.9. The predicted octanol–water partition coefficient (Wildman–Crippen LogP) is 3.67. The van der Waals surface area contributed by atoms with Crippen LogP contribution in [0.1, 0.15) is 17.3 Å². The Hall–Kier alpha value is -0.730. The van der Waals surface area contributed by atoms with Crippen LogP contribution in [0.4, 0.5) is 0 Å². The fraction of sp³-hybridized carbons (Fsp3) is 0.154. The number of imidazole rings is 1. The molecule has 3 rings (SSSR count). The molecule has 20 heavy (non-hydrogen) atoms. The van der Waals surface area contributed by atoms with Gasteiger partial charge < -0.3 is 0 Å². The molecule has 4 nitrogen and oxygen atoms in total. The smallest absolute Gasteiger partial charge is 0.193 e. The van der Waals surface area contributed by atoms with Crippen molar-refractivity contribution in [1.29, 1.82) is 0 Å². The van der Waals surface area contributed by atoms with E-state index in [0.29, 0.717) is 0 Å². The number of hydrogen-bond acceptors (Lipinski definition) is 4. The van der Waals surface area contributed by atoms with Gasteiger partial charge in [-0.2, -0.15) is 0 Å². The van der Waals surface area contributed by atoms with Crippen molar-refractivity contribution >= 4 is 48.2 Å². The average molecular weight is 416 g/mol. The van der Waals surface area contributed by atoms with Crippen molar-refractivity contribution in [3.05, 3.63) is 56.2 Å². The molecule has 0 saturated heterocycles. The zero-order chi connectivity index (χ0) is 14.1. The normalized spacial score (nSPS) is 12.9. The highest BCUT2D eigenvalue weighted by molar-refractivity contribution is 9.11. The van der Waals surface area contributed by atoms with Crippen LogP contribution in [-0.4, -0.2) is 9.38 Å². The quantitative estimate of drug-likeness (QED) is 0.504. The van der Waals surface area contributed by atoms with Crippen LogP contribution in [-0.2, 0) is 6.42 Å². The minimum atomic E-state index is 0.0217. The fourth-order valence-corrected chi connectivity index (χ4v) is 4.18. The number of halogens is 2. The van der Waals surface area contributed by atoms with Crippen molar-refractivity contribution in [2.75, 3.05) is 0 Å². The highest BCUT2D eigenvalue weighted by Crippen LogP contribution is 2.26. The minimum Gasteiger partial charge on any atom is -0.297 e. The van der Waals surface area contributed by atoms with E-state index in [-0.39, 0.29) is 6.04 Å². The summed E-state index contributed by atoms with van der Waals surface area (Å²) in [4.78, 5) is 5.60. The Bertz CT molecular complexity index is 688. The fourth-order valence-electron chi connectivity index (χ4n) is 2.13. The number of rotatable bonds is 4. The van der Waals surface area contributed by atoms with Gasteiger partial charge in [0, 0.05) is 33.1 Å². The van der Waals surface area contributed by atoms with Crippen molar-refractivity contribution in [2.24, 2.45) is 5.84 Å². The molecule has 0 aliphatic rings. The number of fused-ring (bicyclic) bond motifs is 1. The summed E-state index contributed by atoms with van der Waals surface area (Å²) in [6.07, 6.45) is 4.80. The standard InChI is InChI=1S/C13H12Br2N4S/c14-9-3-8(4-10(15)5-9)12(18-16)6-11-7-19-1-2-20-13(19)17-11/h1-5,7,12,18H,6,16H2. The van der Waals surface area contributed by atoms with Crippen LogP contribution >= 0.6 is 43.2 Å². The lowest BCUT2D eigenvalue weighted by atomic mass is 10.0. The summed E-state index contributed by atoms with van der Waals surface area (Å²) in [6, 6.07) is 6.15. The third-order valence-electron chi connectivity index (χ3n) is 3.04. The summed E-state index contributed by atoms with van der Waals surface area (Å²) in [6.45, 7) is 0. The molecule has 7 heteroatoms. The Morgan fingerprint density at radius 2 is 2.05 bits per heavy atom. The Labute approximate surface area is 137 Å². The van der Waals surface area contributed by atoms with E-state index in [1.807, 2.05) is 28.2 Å². The molecular formula is C13H12Br2N4S. The Morgan fingerprint density at radius 3 is 2.70 bits per heavy atom. The summed E-state index contributed by atoms with van der Waals surface area (Å²) in [5.74, 6) is 5.71. The third kappa shape index (κ3) is 2.96. The molecule has 0 saturated carbocycles. The second kappa shape index (κ2) is 5.95. The van der Waals surface area contributed by atoms with E-state index in [1.54, 1.807) is 11.3 Å². The molecule has 1 aromatic carbocycles. The first-order valence-corrected chi connectivity index (χ1v) is 8.45. The van der Waals surface area contributed by atoms with E-state index >= 15 is 0 Å². The van der Waals surface area contributed by atoms with Crippen LogP contribution in [0.15, 0.2) is 44.9 Å². The molecule has 0 fully saturated rings. The van der Waals surface area contributed by atoms with Gasteiger partial charge in [0.1, 0.15) is 0 Å². The van der Waals surface area contributed by atoms with Crippen molar-refractivity contribution < 1.29 is 0 Å². The molecule has 3 aromatic rings. The summed E-state index contributed by atoms with van der Waals surface area (Å²) in [5, 5.41) is 2.02. The maximum atomic E-state index is 5.71. The molecule has 2 heterocycles. The van der Waals surface area contributed by atoms with Gasteiger partial charge in [0.05, 0.1) is 11.7 Å². The van der Waals surface area contributed by atoms with E-state index < -0.39 is 0 Å². The molecule has 0 aliphatic carbocycles. The third-order valence-corrected chi connectivity index (χ3v) is 4.73. The van der Waals surface area contributed by atoms with Crippen LogP contribution in [0.5, 0.6) is 0 Å². The molecule has 1 unspecified atom stereocenters. The number of aromatic nitrogens is 2. The molecule has 1 atom stereocenters. The number of nitrogens with one attached hydrogen (secondary N) is 1. The monoisotopic (exact) mass is 414 g/mol. The zero-order valence-electron chi connectivity index (χ0n) is 10.4. The summed E-state index contributed by atoms with van der Waals surface area (Å²) < 4.78 is 4.07. The van der Waals surface area contributed by atoms with Crippen molar-refractivity contribution in [1.82, 2.24) is 14.8 Å². The minimum absolute atomic E-state index is 0.0217. The van der Waals surface area contributed by atoms with Crippen LogP contribution in [0.25, 0.3) is 4.96 Å². The Kier molecular flexibility index (Phi) is 4.23. The lowest BCUT2D eigenvalue weighted by Gasteiger charge is -2.16. The first-order chi connectivity index (χ1) is 9.65. The van der Waals surface area contributed by atoms with Crippen LogP contribution in [0, 0.1) is 0 Å².